The van der Waals surface area contributed by atoms with E-state index in [1.54, 1.807) is 0 Å². The van der Waals surface area contributed by atoms with Crippen LogP contribution in [0.4, 0.5) is 13.2 Å². The average molecular weight is 313 g/mol. The summed E-state index contributed by atoms with van der Waals surface area (Å²) in [6.07, 6.45) is -2.96. The van der Waals surface area contributed by atoms with Crippen LogP contribution in [0.3, 0.4) is 0 Å². The molecule has 1 aliphatic rings. The van der Waals surface area contributed by atoms with Gasteiger partial charge >= 0.3 is 6.18 Å². The number of aryl methyl sites for hydroxylation is 1. The number of amides is 1. The Morgan fingerprint density at radius 3 is 2.60 bits per heavy atom. The Balaban J connectivity index is 0.00000200. The first kappa shape index (κ1) is 16.8. The zero-order valence-corrected chi connectivity index (χ0v) is 11.6. The molecule has 2 atom stereocenters. The minimum absolute atomic E-state index is 0. The summed E-state index contributed by atoms with van der Waals surface area (Å²) in [6.45, 7) is -0.0891. The largest absolute Gasteiger partial charge is 0.408 e. The molecule has 1 aliphatic heterocycles. The molecule has 0 spiro atoms. The molecule has 114 valence electrons. The van der Waals surface area contributed by atoms with E-state index in [2.05, 4.69) is 5.10 Å². The lowest BCUT2D eigenvalue weighted by molar-refractivity contribution is -0.184. The highest BCUT2D eigenvalue weighted by Gasteiger charge is 2.48. The summed E-state index contributed by atoms with van der Waals surface area (Å²) in [5.41, 5.74) is 5.80. The van der Waals surface area contributed by atoms with Crippen LogP contribution >= 0.6 is 12.4 Å². The first-order valence-electron chi connectivity index (χ1n) is 5.92. The second-order valence-corrected chi connectivity index (χ2v) is 4.69. The van der Waals surface area contributed by atoms with Crippen molar-refractivity contribution in [1.29, 1.82) is 0 Å². The van der Waals surface area contributed by atoms with Gasteiger partial charge < -0.3 is 10.6 Å². The first-order valence-corrected chi connectivity index (χ1v) is 5.92. The van der Waals surface area contributed by atoms with Gasteiger partial charge in [-0.1, -0.05) is 0 Å². The third-order valence-corrected chi connectivity index (χ3v) is 3.30. The third kappa shape index (κ3) is 3.24. The molecule has 2 N–H and O–H groups in total. The quantitative estimate of drug-likeness (QED) is 0.851. The molecule has 0 bridgehead atoms. The Morgan fingerprint density at radius 2 is 2.10 bits per heavy atom. The number of aromatic nitrogens is 2. The lowest BCUT2D eigenvalue weighted by Gasteiger charge is -2.39. The average Bonchev–Trinajstić information content (AvgIpc) is 2.72. The van der Waals surface area contributed by atoms with Crippen molar-refractivity contribution in [2.24, 2.45) is 12.8 Å². The molecule has 2 unspecified atom stereocenters. The van der Waals surface area contributed by atoms with Gasteiger partial charge in [0.1, 0.15) is 11.7 Å². The van der Waals surface area contributed by atoms with Crippen LogP contribution in [-0.2, 0) is 7.05 Å². The molecule has 1 fully saturated rings. The number of halogens is 4. The summed E-state index contributed by atoms with van der Waals surface area (Å²) in [6, 6.07) is -0.791. The van der Waals surface area contributed by atoms with E-state index < -0.39 is 24.2 Å². The van der Waals surface area contributed by atoms with Gasteiger partial charge in [-0.3, -0.25) is 9.48 Å². The molecular formula is C11H16ClF3N4O. The second kappa shape index (κ2) is 6.01. The normalized spacial score (nSPS) is 23.4. The topological polar surface area (TPSA) is 64.2 Å². The van der Waals surface area contributed by atoms with Gasteiger partial charge in [0.05, 0.1) is 0 Å². The molecule has 0 radical (unpaired) electrons. The van der Waals surface area contributed by atoms with Gasteiger partial charge in [-0.15, -0.1) is 12.4 Å². The molecule has 1 aromatic heterocycles. The van der Waals surface area contributed by atoms with Crippen LogP contribution in [0, 0.1) is 0 Å². The van der Waals surface area contributed by atoms with Crippen LogP contribution in [0.5, 0.6) is 0 Å². The summed E-state index contributed by atoms with van der Waals surface area (Å²) in [4.78, 5) is 13.0. The van der Waals surface area contributed by atoms with E-state index in [1.807, 2.05) is 0 Å². The Morgan fingerprint density at radius 1 is 1.45 bits per heavy atom. The van der Waals surface area contributed by atoms with Crippen LogP contribution in [-0.4, -0.2) is 45.4 Å². The summed E-state index contributed by atoms with van der Waals surface area (Å²) in [5.74, 6) is -0.683. The van der Waals surface area contributed by atoms with Gasteiger partial charge in [0.15, 0.2) is 0 Å². The van der Waals surface area contributed by atoms with Crippen molar-refractivity contribution in [3.8, 4) is 0 Å². The summed E-state index contributed by atoms with van der Waals surface area (Å²) in [5, 5.41) is 3.80. The van der Waals surface area contributed by atoms with Gasteiger partial charge in [-0.25, -0.2) is 0 Å². The number of piperidine rings is 1. The van der Waals surface area contributed by atoms with Gasteiger partial charge in [-0.2, -0.15) is 18.3 Å². The summed E-state index contributed by atoms with van der Waals surface area (Å²) >= 11 is 0. The SMILES string of the molecule is Cl.Cn1nccc1C(=O)N1CC(N)CCC1C(F)(F)F. The van der Waals surface area contributed by atoms with E-state index in [1.165, 1.54) is 24.0 Å². The van der Waals surface area contributed by atoms with E-state index in [-0.39, 0.29) is 37.5 Å². The van der Waals surface area contributed by atoms with Crippen molar-refractivity contribution in [2.75, 3.05) is 6.54 Å². The van der Waals surface area contributed by atoms with Crippen molar-refractivity contribution >= 4 is 18.3 Å². The predicted octanol–water partition coefficient (Wildman–Crippen LogP) is 1.34. The number of nitrogens with zero attached hydrogens (tertiary/aromatic N) is 3. The maximum Gasteiger partial charge on any atom is 0.408 e. The van der Waals surface area contributed by atoms with Gasteiger partial charge in [0.2, 0.25) is 0 Å². The van der Waals surface area contributed by atoms with Gasteiger partial charge in [0.25, 0.3) is 5.91 Å². The van der Waals surface area contributed by atoms with Crippen LogP contribution in [0.15, 0.2) is 12.3 Å². The highest BCUT2D eigenvalue weighted by Crippen LogP contribution is 2.32. The minimum Gasteiger partial charge on any atom is -0.326 e. The Bertz CT molecular complexity index is 476. The van der Waals surface area contributed by atoms with E-state index >= 15 is 0 Å². The highest BCUT2D eigenvalue weighted by molar-refractivity contribution is 5.92. The highest BCUT2D eigenvalue weighted by atomic mass is 35.5. The lowest BCUT2D eigenvalue weighted by atomic mass is 9.98. The maximum atomic E-state index is 13.0. The number of alkyl halides is 3. The number of carbonyl (C=O) groups is 1. The van der Waals surface area contributed by atoms with Gasteiger partial charge in [-0.05, 0) is 18.9 Å². The molecule has 2 heterocycles. The van der Waals surface area contributed by atoms with E-state index in [0.29, 0.717) is 0 Å². The summed E-state index contributed by atoms with van der Waals surface area (Å²) < 4.78 is 40.2. The van der Waals surface area contributed by atoms with Crippen molar-refractivity contribution in [3.63, 3.8) is 0 Å². The van der Waals surface area contributed by atoms with Crippen LogP contribution in [0.25, 0.3) is 0 Å². The van der Waals surface area contributed by atoms with Crippen LogP contribution in [0.1, 0.15) is 23.3 Å². The van der Waals surface area contributed by atoms with Crippen LogP contribution < -0.4 is 5.73 Å². The number of likely N-dealkylation sites (tertiary alicyclic amines) is 1. The minimum atomic E-state index is -4.44. The Kier molecular flexibility index (Phi) is 5.04. The lowest BCUT2D eigenvalue weighted by Crippen LogP contribution is -2.56. The maximum absolute atomic E-state index is 13.0. The molecule has 20 heavy (non-hydrogen) atoms. The van der Waals surface area contributed by atoms with Crippen molar-refractivity contribution in [1.82, 2.24) is 14.7 Å². The zero-order chi connectivity index (χ0) is 14.2. The van der Waals surface area contributed by atoms with Crippen molar-refractivity contribution < 1.29 is 18.0 Å². The molecule has 5 nitrogen and oxygen atoms in total. The number of hydrogen-bond acceptors (Lipinski definition) is 3. The molecule has 0 aliphatic carbocycles. The fourth-order valence-electron chi connectivity index (χ4n) is 2.29. The standard InChI is InChI=1S/C11H15F3N4O.ClH/c1-17-8(4-5-16-17)10(19)18-6-7(15)2-3-9(18)11(12,13)14;/h4-5,7,9H,2-3,6,15H2,1H3;1H. The molecule has 1 amide bonds. The Hall–Kier alpha value is -1.28. The Labute approximate surface area is 120 Å². The van der Waals surface area contributed by atoms with E-state index in [0.717, 1.165) is 4.90 Å². The molecule has 0 aromatic carbocycles. The van der Waals surface area contributed by atoms with E-state index in [9.17, 15) is 18.0 Å². The second-order valence-electron chi connectivity index (χ2n) is 4.69. The van der Waals surface area contributed by atoms with Crippen molar-refractivity contribution in [3.05, 3.63) is 18.0 Å². The molecule has 2 rings (SSSR count). The molecule has 0 saturated carbocycles. The predicted molar refractivity (Wildman–Crippen MR) is 68.5 cm³/mol. The zero-order valence-electron chi connectivity index (χ0n) is 10.8. The molecule has 9 heteroatoms. The number of hydrogen-bond donors (Lipinski definition) is 1. The molecular weight excluding hydrogens is 297 g/mol. The van der Waals surface area contributed by atoms with Crippen molar-refractivity contribution in [2.45, 2.75) is 31.1 Å². The fraction of sp³-hybridized carbons (Fsp3) is 0.636. The first-order chi connectivity index (χ1) is 8.80. The van der Waals surface area contributed by atoms with E-state index in [4.69, 9.17) is 5.73 Å². The number of nitrogens with two attached hydrogens (primary N) is 1. The number of carbonyl (C=O) groups excluding carboxylic acids is 1. The van der Waals surface area contributed by atoms with Crippen LogP contribution in [0.2, 0.25) is 0 Å². The molecule has 1 aromatic rings. The third-order valence-electron chi connectivity index (χ3n) is 3.30. The van der Waals surface area contributed by atoms with Gasteiger partial charge in [0, 0.05) is 25.8 Å². The number of rotatable bonds is 1. The fourth-order valence-corrected chi connectivity index (χ4v) is 2.29. The molecule has 1 saturated heterocycles. The smallest absolute Gasteiger partial charge is 0.326 e. The monoisotopic (exact) mass is 312 g/mol. The summed E-state index contributed by atoms with van der Waals surface area (Å²) in [7, 11) is 1.51.